The number of rotatable bonds is 2. The maximum Gasteiger partial charge on any atom is 0.573 e. The van der Waals surface area contributed by atoms with Gasteiger partial charge in [-0.2, -0.15) is 13.2 Å². The molecule has 0 aliphatic rings. The molecule has 118 valence electrons. The van der Waals surface area contributed by atoms with Crippen LogP contribution in [0.3, 0.4) is 0 Å². The number of pyridine rings is 1. The van der Waals surface area contributed by atoms with Crippen LogP contribution in [0.1, 0.15) is 5.69 Å². The lowest BCUT2D eigenvalue weighted by molar-refractivity contribution is -0.274. The second-order valence-electron chi connectivity index (χ2n) is 4.15. The standard InChI is InChI=1S/C13H7F6NO2/c14-12(15,16)11-8(5-6-10(21)20-11)7-3-1-2-4-9(7)22-13(17,18)19/h1-6H,(H,20,21). The van der Waals surface area contributed by atoms with E-state index in [0.717, 1.165) is 24.3 Å². The first-order valence-electron chi connectivity index (χ1n) is 5.73. The normalized spacial score (nSPS) is 12.3. The largest absolute Gasteiger partial charge is 0.573 e. The number of hydrogen-bond acceptors (Lipinski definition) is 2. The van der Waals surface area contributed by atoms with Crippen molar-refractivity contribution in [2.45, 2.75) is 12.5 Å². The first-order valence-corrected chi connectivity index (χ1v) is 5.73. The van der Waals surface area contributed by atoms with Crippen molar-refractivity contribution in [3.8, 4) is 16.9 Å². The Balaban J connectivity index is 2.65. The smallest absolute Gasteiger partial charge is 0.405 e. The molecule has 0 unspecified atom stereocenters. The lowest BCUT2D eigenvalue weighted by Gasteiger charge is -2.16. The SMILES string of the molecule is O=c1ccc(-c2ccccc2OC(F)(F)F)c(C(F)(F)F)[nH]1. The number of aromatic nitrogens is 1. The minimum absolute atomic E-state index is 0.441. The highest BCUT2D eigenvalue weighted by molar-refractivity contribution is 5.72. The number of H-pyrrole nitrogens is 1. The molecule has 0 bridgehead atoms. The van der Waals surface area contributed by atoms with Crippen LogP contribution in [0.4, 0.5) is 26.3 Å². The molecule has 0 atom stereocenters. The van der Waals surface area contributed by atoms with Crippen LogP contribution in [0.2, 0.25) is 0 Å². The zero-order chi connectivity index (χ0) is 16.5. The van der Waals surface area contributed by atoms with E-state index in [4.69, 9.17) is 0 Å². The van der Waals surface area contributed by atoms with Crippen molar-refractivity contribution in [3.05, 3.63) is 52.4 Å². The van der Waals surface area contributed by atoms with E-state index in [1.807, 2.05) is 0 Å². The molecule has 22 heavy (non-hydrogen) atoms. The van der Waals surface area contributed by atoms with Gasteiger partial charge in [-0.3, -0.25) is 4.79 Å². The third kappa shape index (κ3) is 3.60. The Morgan fingerprint density at radius 2 is 1.50 bits per heavy atom. The number of alkyl halides is 6. The predicted molar refractivity (Wildman–Crippen MR) is 64.2 cm³/mol. The third-order valence-electron chi connectivity index (χ3n) is 2.61. The summed E-state index contributed by atoms with van der Waals surface area (Å²) in [5.41, 5.74) is -3.53. The molecular formula is C13H7F6NO2. The van der Waals surface area contributed by atoms with Crippen LogP contribution in [0.5, 0.6) is 5.75 Å². The van der Waals surface area contributed by atoms with Crippen LogP contribution < -0.4 is 10.3 Å². The van der Waals surface area contributed by atoms with E-state index in [1.165, 1.54) is 12.1 Å². The Hall–Kier alpha value is -2.45. The van der Waals surface area contributed by atoms with E-state index in [9.17, 15) is 31.1 Å². The number of nitrogens with one attached hydrogen (secondary N) is 1. The molecular weight excluding hydrogens is 316 g/mol. The van der Waals surface area contributed by atoms with Crippen LogP contribution >= 0.6 is 0 Å². The fourth-order valence-electron chi connectivity index (χ4n) is 1.83. The molecule has 0 aliphatic heterocycles. The van der Waals surface area contributed by atoms with Crippen LogP contribution in [-0.4, -0.2) is 11.3 Å². The highest BCUT2D eigenvalue weighted by atomic mass is 19.4. The van der Waals surface area contributed by atoms with Crippen LogP contribution in [0.25, 0.3) is 11.1 Å². The number of para-hydroxylation sites is 1. The lowest BCUT2D eigenvalue weighted by atomic mass is 10.0. The van der Waals surface area contributed by atoms with Gasteiger partial charge in [-0.1, -0.05) is 18.2 Å². The maximum absolute atomic E-state index is 13.0. The fraction of sp³-hybridized carbons (Fsp3) is 0.154. The predicted octanol–water partition coefficient (Wildman–Crippen LogP) is 3.96. The molecule has 1 N–H and O–H groups in total. The summed E-state index contributed by atoms with van der Waals surface area (Å²) in [7, 11) is 0. The van der Waals surface area contributed by atoms with Crippen molar-refractivity contribution in [2.75, 3.05) is 0 Å². The Bertz CT molecular complexity index is 732. The Labute approximate surface area is 119 Å². The second kappa shape index (κ2) is 5.39. The van der Waals surface area contributed by atoms with Crippen molar-refractivity contribution >= 4 is 0 Å². The van der Waals surface area contributed by atoms with E-state index < -0.39 is 40.7 Å². The summed E-state index contributed by atoms with van der Waals surface area (Å²) < 4.78 is 79.6. The maximum atomic E-state index is 13.0. The van der Waals surface area contributed by atoms with Gasteiger partial charge in [0.25, 0.3) is 0 Å². The summed E-state index contributed by atoms with van der Waals surface area (Å²) in [6, 6.07) is 5.93. The third-order valence-corrected chi connectivity index (χ3v) is 2.61. The van der Waals surface area contributed by atoms with E-state index in [1.54, 1.807) is 4.98 Å². The minimum Gasteiger partial charge on any atom is -0.405 e. The van der Waals surface area contributed by atoms with Crippen molar-refractivity contribution < 1.29 is 31.1 Å². The van der Waals surface area contributed by atoms with E-state index >= 15 is 0 Å². The van der Waals surface area contributed by atoms with Gasteiger partial charge in [0.05, 0.1) is 0 Å². The van der Waals surface area contributed by atoms with Gasteiger partial charge in [-0.05, 0) is 12.1 Å². The van der Waals surface area contributed by atoms with Gasteiger partial charge in [0.1, 0.15) is 11.4 Å². The van der Waals surface area contributed by atoms with Gasteiger partial charge < -0.3 is 9.72 Å². The summed E-state index contributed by atoms with van der Waals surface area (Å²) in [5, 5.41) is 0. The van der Waals surface area contributed by atoms with Gasteiger partial charge in [-0.15, -0.1) is 13.2 Å². The molecule has 0 amide bonds. The van der Waals surface area contributed by atoms with Crippen molar-refractivity contribution in [3.63, 3.8) is 0 Å². The molecule has 9 heteroatoms. The molecule has 3 nitrogen and oxygen atoms in total. The van der Waals surface area contributed by atoms with Gasteiger partial charge in [0.15, 0.2) is 0 Å². The zero-order valence-electron chi connectivity index (χ0n) is 10.5. The lowest BCUT2D eigenvalue weighted by Crippen LogP contribution is -2.19. The molecule has 1 aromatic heterocycles. The number of benzene rings is 1. The molecule has 2 rings (SSSR count). The number of ether oxygens (including phenoxy) is 1. The van der Waals surface area contributed by atoms with Crippen molar-refractivity contribution in [1.82, 2.24) is 4.98 Å². The van der Waals surface area contributed by atoms with E-state index in [-0.39, 0.29) is 0 Å². The Kier molecular flexibility index (Phi) is 3.90. The molecule has 0 saturated carbocycles. The van der Waals surface area contributed by atoms with Gasteiger partial charge >= 0.3 is 12.5 Å². The monoisotopic (exact) mass is 323 g/mol. The molecule has 0 saturated heterocycles. The first-order chi connectivity index (χ1) is 10.1. The summed E-state index contributed by atoms with van der Waals surface area (Å²) in [4.78, 5) is 12.7. The van der Waals surface area contributed by atoms with Gasteiger partial charge in [0, 0.05) is 17.2 Å². The highest BCUT2D eigenvalue weighted by Crippen LogP contribution is 2.39. The van der Waals surface area contributed by atoms with Gasteiger partial charge in [-0.25, -0.2) is 0 Å². The molecule has 1 heterocycles. The highest BCUT2D eigenvalue weighted by Gasteiger charge is 2.37. The number of halogens is 6. The molecule has 0 fully saturated rings. The summed E-state index contributed by atoms with van der Waals surface area (Å²) in [5.74, 6) is -0.799. The summed E-state index contributed by atoms with van der Waals surface area (Å²) >= 11 is 0. The van der Waals surface area contributed by atoms with Crippen molar-refractivity contribution in [1.29, 1.82) is 0 Å². The summed E-state index contributed by atoms with van der Waals surface area (Å²) in [6.07, 6.45) is -10.0. The fourth-order valence-corrected chi connectivity index (χ4v) is 1.83. The quantitative estimate of drug-likeness (QED) is 0.850. The minimum atomic E-state index is -5.06. The molecule has 0 spiro atoms. The van der Waals surface area contributed by atoms with Gasteiger partial charge in [0.2, 0.25) is 5.56 Å². The van der Waals surface area contributed by atoms with E-state index in [0.29, 0.717) is 0 Å². The average Bonchev–Trinajstić information content (AvgIpc) is 2.37. The molecule has 0 radical (unpaired) electrons. The number of hydrogen-bond donors (Lipinski definition) is 1. The van der Waals surface area contributed by atoms with Crippen LogP contribution in [0.15, 0.2) is 41.2 Å². The second-order valence-corrected chi connectivity index (χ2v) is 4.15. The topological polar surface area (TPSA) is 42.1 Å². The summed E-state index contributed by atoms with van der Waals surface area (Å²) in [6.45, 7) is 0. The number of aromatic amines is 1. The Morgan fingerprint density at radius 1 is 0.864 bits per heavy atom. The van der Waals surface area contributed by atoms with Crippen LogP contribution in [-0.2, 0) is 6.18 Å². The Morgan fingerprint density at radius 3 is 2.09 bits per heavy atom. The van der Waals surface area contributed by atoms with Crippen LogP contribution in [0, 0.1) is 0 Å². The molecule has 0 aliphatic carbocycles. The average molecular weight is 323 g/mol. The van der Waals surface area contributed by atoms with Crippen molar-refractivity contribution in [2.24, 2.45) is 0 Å². The molecule has 1 aromatic carbocycles. The molecule has 2 aromatic rings. The first kappa shape index (κ1) is 15.9. The van der Waals surface area contributed by atoms with E-state index in [2.05, 4.69) is 4.74 Å². The zero-order valence-corrected chi connectivity index (χ0v) is 10.5.